The van der Waals surface area contributed by atoms with Crippen LogP contribution in [-0.4, -0.2) is 64.0 Å². The Hall–Kier alpha value is -3.77. The van der Waals surface area contributed by atoms with Gasteiger partial charge in [0.15, 0.2) is 11.8 Å². The highest BCUT2D eigenvalue weighted by atomic mass is 16.6. The number of carbonyl (C=O) groups excluding carboxylic acids is 3. The molecule has 2 rings (SSSR count). The molecule has 0 bridgehead atoms. The van der Waals surface area contributed by atoms with Crippen molar-refractivity contribution in [1.82, 2.24) is 14.9 Å². The van der Waals surface area contributed by atoms with E-state index in [0.717, 1.165) is 0 Å². The SMILES string of the molecule is C=CCOC(=O)CC(O)(CC(=O)NC[C@@H]1C=C[C@H](n2cc(C)c(=O)[nH]c2=O)O1)C(=O)OCC=C. The highest BCUT2D eigenvalue weighted by Crippen LogP contribution is 2.21. The summed E-state index contributed by atoms with van der Waals surface area (Å²) in [6.45, 7) is 7.92. The monoisotopic (exact) mass is 477 g/mol. The van der Waals surface area contributed by atoms with Crippen molar-refractivity contribution >= 4 is 17.8 Å². The van der Waals surface area contributed by atoms with Crippen molar-refractivity contribution in [2.24, 2.45) is 0 Å². The molecule has 34 heavy (non-hydrogen) atoms. The first kappa shape index (κ1) is 26.5. The Kier molecular flexibility index (Phi) is 9.27. The zero-order valence-electron chi connectivity index (χ0n) is 18.7. The first-order valence-corrected chi connectivity index (χ1v) is 10.3. The third-order valence-electron chi connectivity index (χ3n) is 4.69. The van der Waals surface area contributed by atoms with E-state index in [9.17, 15) is 29.1 Å². The highest BCUT2D eigenvalue weighted by molar-refractivity contribution is 5.91. The number of H-pyrrole nitrogens is 1. The second kappa shape index (κ2) is 11.9. The number of aryl methyl sites for hydroxylation is 1. The molecule has 3 atom stereocenters. The molecule has 1 aliphatic heterocycles. The molecule has 1 aromatic heterocycles. The van der Waals surface area contributed by atoms with Gasteiger partial charge in [-0.15, -0.1) is 0 Å². The number of rotatable bonds is 12. The molecule has 1 aromatic rings. The average molecular weight is 477 g/mol. The lowest BCUT2D eigenvalue weighted by molar-refractivity contribution is -0.173. The van der Waals surface area contributed by atoms with Gasteiger partial charge in [0.1, 0.15) is 13.2 Å². The Morgan fingerprint density at radius 1 is 1.21 bits per heavy atom. The number of hydrogen-bond donors (Lipinski definition) is 3. The van der Waals surface area contributed by atoms with E-state index in [0.29, 0.717) is 5.56 Å². The first-order chi connectivity index (χ1) is 16.1. The molecule has 0 aliphatic carbocycles. The van der Waals surface area contributed by atoms with Crippen LogP contribution in [0.15, 0.2) is 53.2 Å². The molecule has 3 N–H and O–H groups in total. The number of nitrogens with zero attached hydrogens (tertiary/aromatic N) is 1. The van der Waals surface area contributed by atoms with Gasteiger partial charge in [0.2, 0.25) is 5.91 Å². The second-order valence-electron chi connectivity index (χ2n) is 7.48. The van der Waals surface area contributed by atoms with Crippen LogP contribution in [0.1, 0.15) is 24.6 Å². The fraction of sp³-hybridized carbons (Fsp3) is 0.409. The number of carbonyl (C=O) groups is 3. The number of aromatic amines is 1. The van der Waals surface area contributed by atoms with Crippen LogP contribution < -0.4 is 16.6 Å². The lowest BCUT2D eigenvalue weighted by Gasteiger charge is -2.24. The lowest BCUT2D eigenvalue weighted by Crippen LogP contribution is -2.47. The van der Waals surface area contributed by atoms with Gasteiger partial charge < -0.3 is 24.6 Å². The maximum absolute atomic E-state index is 12.4. The molecule has 1 amide bonds. The van der Waals surface area contributed by atoms with Crippen LogP contribution in [0.4, 0.5) is 0 Å². The summed E-state index contributed by atoms with van der Waals surface area (Å²) >= 11 is 0. The van der Waals surface area contributed by atoms with Gasteiger partial charge in [-0.2, -0.15) is 0 Å². The van der Waals surface area contributed by atoms with Crippen molar-refractivity contribution in [3.8, 4) is 0 Å². The minimum Gasteiger partial charge on any atom is -0.461 e. The molecule has 12 heteroatoms. The number of hydrogen-bond acceptors (Lipinski definition) is 9. The molecule has 0 aromatic carbocycles. The number of ether oxygens (including phenoxy) is 3. The second-order valence-corrected chi connectivity index (χ2v) is 7.48. The van der Waals surface area contributed by atoms with Crippen LogP contribution in [0.2, 0.25) is 0 Å². The number of amides is 1. The maximum Gasteiger partial charge on any atom is 0.339 e. The van der Waals surface area contributed by atoms with Crippen LogP contribution in [0, 0.1) is 6.92 Å². The van der Waals surface area contributed by atoms with Gasteiger partial charge in [0.05, 0.1) is 18.9 Å². The number of aliphatic hydroxyl groups is 1. The standard InChI is InChI=1S/C22H27N3O9/c1-4-8-32-18(27)11-22(31,20(29)33-9-5-2)10-16(26)23-12-15-6-7-17(34-15)25-13-14(3)19(28)24-21(25)30/h4-7,13,15,17,31H,1-2,8-12H2,3H3,(H,23,26)(H,24,28,30)/t15-,17+,22?/m0/s1. The van der Waals surface area contributed by atoms with Crippen LogP contribution in [0.3, 0.4) is 0 Å². The van der Waals surface area contributed by atoms with E-state index in [2.05, 4.69) is 23.5 Å². The molecule has 0 saturated heterocycles. The summed E-state index contributed by atoms with van der Waals surface area (Å²) < 4.78 is 16.5. The van der Waals surface area contributed by atoms with Crippen molar-refractivity contribution in [2.75, 3.05) is 19.8 Å². The van der Waals surface area contributed by atoms with Crippen molar-refractivity contribution in [3.63, 3.8) is 0 Å². The number of nitrogens with one attached hydrogen (secondary N) is 2. The molecular formula is C22H27N3O9. The van der Waals surface area contributed by atoms with Gasteiger partial charge >= 0.3 is 17.6 Å². The summed E-state index contributed by atoms with van der Waals surface area (Å²) in [6.07, 6.45) is 4.11. The van der Waals surface area contributed by atoms with Crippen molar-refractivity contribution < 1.29 is 33.7 Å². The van der Waals surface area contributed by atoms with Gasteiger partial charge in [-0.1, -0.05) is 31.4 Å². The third-order valence-corrected chi connectivity index (χ3v) is 4.69. The van der Waals surface area contributed by atoms with Gasteiger partial charge in [-0.25, -0.2) is 9.59 Å². The predicted molar refractivity (Wildman–Crippen MR) is 119 cm³/mol. The van der Waals surface area contributed by atoms with Crippen LogP contribution in [-0.2, 0) is 28.6 Å². The van der Waals surface area contributed by atoms with E-state index < -0.39 is 59.9 Å². The van der Waals surface area contributed by atoms with Crippen LogP contribution >= 0.6 is 0 Å². The zero-order chi connectivity index (χ0) is 25.3. The van der Waals surface area contributed by atoms with E-state index in [4.69, 9.17) is 14.2 Å². The summed E-state index contributed by atoms with van der Waals surface area (Å²) in [5, 5.41) is 13.2. The highest BCUT2D eigenvalue weighted by Gasteiger charge is 2.42. The summed E-state index contributed by atoms with van der Waals surface area (Å²) in [7, 11) is 0. The van der Waals surface area contributed by atoms with Gasteiger partial charge in [-0.05, 0) is 13.0 Å². The molecule has 1 unspecified atom stereocenters. The lowest BCUT2D eigenvalue weighted by atomic mass is 9.95. The minimum absolute atomic E-state index is 0.0540. The Labute approximate surface area is 194 Å². The van der Waals surface area contributed by atoms with Crippen LogP contribution in [0.25, 0.3) is 0 Å². The van der Waals surface area contributed by atoms with E-state index in [1.54, 1.807) is 19.1 Å². The van der Waals surface area contributed by atoms with Gasteiger partial charge in [0, 0.05) is 18.3 Å². The zero-order valence-corrected chi connectivity index (χ0v) is 18.7. The number of aromatic nitrogens is 2. The topological polar surface area (TPSA) is 166 Å². The summed E-state index contributed by atoms with van der Waals surface area (Å²) in [5.74, 6) is -2.85. The average Bonchev–Trinajstić information content (AvgIpc) is 3.25. The van der Waals surface area contributed by atoms with Crippen LogP contribution in [0.5, 0.6) is 0 Å². The molecular weight excluding hydrogens is 450 g/mol. The fourth-order valence-corrected chi connectivity index (χ4v) is 3.00. The fourth-order valence-electron chi connectivity index (χ4n) is 3.00. The summed E-state index contributed by atoms with van der Waals surface area (Å²) in [5.41, 5.74) is -3.29. The Balaban J connectivity index is 1.97. The first-order valence-electron chi connectivity index (χ1n) is 10.3. The largest absolute Gasteiger partial charge is 0.461 e. The third kappa shape index (κ3) is 7.12. The summed E-state index contributed by atoms with van der Waals surface area (Å²) in [6, 6.07) is 0. The quantitative estimate of drug-likeness (QED) is 0.263. The van der Waals surface area contributed by atoms with E-state index in [1.807, 2.05) is 0 Å². The molecule has 0 radical (unpaired) electrons. The number of esters is 2. The Morgan fingerprint density at radius 3 is 2.56 bits per heavy atom. The normalized spacial score (nSPS) is 18.5. The van der Waals surface area contributed by atoms with E-state index in [-0.39, 0.29) is 19.8 Å². The molecule has 0 saturated carbocycles. The molecule has 0 fully saturated rings. The van der Waals surface area contributed by atoms with Crippen molar-refractivity contribution in [3.05, 3.63) is 70.1 Å². The Bertz CT molecular complexity index is 1090. The molecule has 2 heterocycles. The molecule has 184 valence electrons. The van der Waals surface area contributed by atoms with Gasteiger partial charge in [0.25, 0.3) is 5.56 Å². The van der Waals surface area contributed by atoms with Gasteiger partial charge in [-0.3, -0.25) is 23.9 Å². The van der Waals surface area contributed by atoms with E-state index in [1.165, 1.54) is 22.9 Å². The van der Waals surface area contributed by atoms with Crippen molar-refractivity contribution in [2.45, 2.75) is 37.7 Å². The molecule has 0 spiro atoms. The summed E-state index contributed by atoms with van der Waals surface area (Å²) in [4.78, 5) is 62.3. The molecule has 12 nitrogen and oxygen atoms in total. The maximum atomic E-state index is 12.4. The Morgan fingerprint density at radius 2 is 1.88 bits per heavy atom. The van der Waals surface area contributed by atoms with E-state index >= 15 is 0 Å². The minimum atomic E-state index is -2.46. The smallest absolute Gasteiger partial charge is 0.339 e. The van der Waals surface area contributed by atoms with Crippen molar-refractivity contribution in [1.29, 1.82) is 0 Å². The predicted octanol–water partition coefficient (Wildman–Crippen LogP) is -0.615. The molecule has 1 aliphatic rings.